The van der Waals surface area contributed by atoms with Crippen LogP contribution >= 0.6 is 0 Å². The van der Waals surface area contributed by atoms with Gasteiger partial charge in [-0.1, -0.05) is 363 Å². The zero-order chi connectivity index (χ0) is 97.9. The third-order valence-electron chi connectivity index (χ3n) is 27.8. The molecule has 142 heavy (non-hydrogen) atoms. The van der Waals surface area contributed by atoms with E-state index in [1.54, 1.807) is 12.1 Å². The lowest BCUT2D eigenvalue weighted by Gasteiger charge is -2.27. The molecule has 3 N–H and O–H groups in total. The van der Waals surface area contributed by atoms with Gasteiger partial charge >= 0.3 is 5.97 Å². The van der Waals surface area contributed by atoms with Crippen molar-refractivity contribution in [3.63, 3.8) is 0 Å². The molecule has 0 amide bonds. The Hall–Kier alpha value is -14.4. The lowest BCUT2D eigenvalue weighted by molar-refractivity contribution is 0.0696. The molecule has 0 radical (unpaired) electrons. The van der Waals surface area contributed by atoms with Gasteiger partial charge in [0.25, 0.3) is 0 Å². The summed E-state index contributed by atoms with van der Waals surface area (Å²) in [5.74, 6) is 10.1. The van der Waals surface area contributed by atoms with Crippen molar-refractivity contribution in [1.82, 2.24) is 29.9 Å². The number of benzene rings is 11. The highest BCUT2D eigenvalue weighted by atomic mass is 16.5. The molecule has 6 heterocycles. The van der Waals surface area contributed by atoms with Crippen LogP contribution < -0.4 is 23.8 Å². The number of aromatic carboxylic acids is 1. The maximum absolute atomic E-state index is 12.6. The molecule has 0 saturated heterocycles. The first-order valence-electron chi connectivity index (χ1n) is 52.7. The van der Waals surface area contributed by atoms with Crippen LogP contribution in [0.2, 0.25) is 0 Å². The molecule has 2 aliphatic rings. The van der Waals surface area contributed by atoms with E-state index in [0.717, 1.165) is 239 Å². The van der Waals surface area contributed by atoms with E-state index in [2.05, 4.69) is 288 Å². The molecule has 8 bridgehead atoms. The van der Waals surface area contributed by atoms with Gasteiger partial charge in [0.05, 0.1) is 99.5 Å². The second kappa shape index (κ2) is 49.2. The minimum absolute atomic E-state index is 0.178. The van der Waals surface area contributed by atoms with Crippen molar-refractivity contribution in [1.29, 1.82) is 0 Å². The second-order valence-corrected chi connectivity index (χ2v) is 38.5. The van der Waals surface area contributed by atoms with Gasteiger partial charge in [-0.3, -0.25) is 0 Å². The van der Waals surface area contributed by atoms with Crippen LogP contribution in [0, 0.1) is 39.5 Å². The Morgan fingerprint density at radius 1 is 0.310 bits per heavy atom. The average Bonchev–Trinajstić information content (AvgIpc) is 0.919. The van der Waals surface area contributed by atoms with Crippen LogP contribution in [-0.4, -0.2) is 67.4 Å². The number of H-pyrrole nitrogens is 2. The molecule has 13 heteroatoms. The molecule has 0 fully saturated rings. The Bertz CT molecular complexity index is 7000. The molecule has 0 saturated carbocycles. The van der Waals surface area contributed by atoms with Gasteiger partial charge in [0.15, 0.2) is 0 Å². The second-order valence-electron chi connectivity index (χ2n) is 38.5. The van der Waals surface area contributed by atoms with Crippen molar-refractivity contribution in [2.45, 2.75) is 235 Å². The number of anilines is 3. The first-order chi connectivity index (χ1) is 69.8. The number of carboxylic acids is 1. The number of unbranched alkanes of at least 4 members (excludes halogenated alkanes) is 24. The Balaban J connectivity index is 0.926. The molecule has 15 aromatic rings. The van der Waals surface area contributed by atoms with Gasteiger partial charge in [-0.25, -0.2) is 24.7 Å². The predicted octanol–water partition coefficient (Wildman–Crippen LogP) is 35.7. The first-order valence-corrected chi connectivity index (χ1v) is 52.7. The van der Waals surface area contributed by atoms with E-state index in [9.17, 15) is 9.90 Å². The van der Waals surface area contributed by atoms with Crippen LogP contribution in [0.25, 0.3) is 146 Å². The van der Waals surface area contributed by atoms with E-state index in [1.165, 1.54) is 103 Å². The number of aromatic amines is 2. The van der Waals surface area contributed by atoms with Crippen LogP contribution in [0.15, 0.2) is 255 Å². The van der Waals surface area contributed by atoms with Crippen molar-refractivity contribution in [3.8, 4) is 113 Å². The lowest BCUT2D eigenvalue weighted by Crippen LogP contribution is -2.12. The monoisotopic (exact) mass is 1880 g/mol. The maximum Gasteiger partial charge on any atom is 0.335 e. The summed E-state index contributed by atoms with van der Waals surface area (Å²) in [6.07, 6.45) is 41.7. The number of fused-ring (bicyclic) bond motifs is 10. The zero-order valence-electron chi connectivity index (χ0n) is 84.4. The summed E-state index contributed by atoms with van der Waals surface area (Å²) in [6.45, 7) is 20.1. The summed E-state index contributed by atoms with van der Waals surface area (Å²) in [7, 11) is 0. The molecule has 4 aromatic heterocycles. The summed E-state index contributed by atoms with van der Waals surface area (Å²) in [5, 5.41) is 12.0. The number of aromatic nitrogens is 6. The summed E-state index contributed by atoms with van der Waals surface area (Å²) < 4.78 is 27.9. The van der Waals surface area contributed by atoms with Crippen LogP contribution in [0.1, 0.15) is 274 Å². The molecule has 2 aliphatic heterocycles. The summed E-state index contributed by atoms with van der Waals surface area (Å²) in [4.78, 5) is 47.0. The van der Waals surface area contributed by atoms with Crippen LogP contribution in [-0.2, 0) is 0 Å². The molecular weight excluding hydrogens is 1740 g/mol. The highest BCUT2D eigenvalue weighted by Crippen LogP contribution is 2.49. The Morgan fingerprint density at radius 2 is 0.690 bits per heavy atom. The SMILES string of the molecule is CCCCCCCCCCCCOc1cccc(C)c1-c1c2nc(c(N(c3ccc(-c4ccc(C)cc4OCCCCCC)cc3)c3ccc(-c4ccc(C)cc4OCCCCCC)cc3)c3ccc([nH]3)c(-c3c(C)cccc3OCCCCCCCCCCCC)c3nc(c(C#Cc4c5ccccc5c(-c5ccc(C(=O)O)cc5)c5nc(-c6ccccc6)c(-c6ccccc6)nc45)c4ccc1[nH]4)C=C3)C=C2. The number of nitrogens with one attached hydrogen (secondary N) is 2. The first kappa shape index (κ1) is 99.2. The van der Waals surface area contributed by atoms with E-state index in [-0.39, 0.29) is 5.56 Å². The number of aryl methyl sites for hydroxylation is 4. The molecule has 17 rings (SSSR count). The topological polar surface area (TPSA) is 161 Å². The van der Waals surface area contributed by atoms with Crippen LogP contribution in [0.5, 0.6) is 23.0 Å². The molecule has 0 aliphatic carbocycles. The summed E-state index contributed by atoms with van der Waals surface area (Å²) >= 11 is 0. The third kappa shape index (κ3) is 23.9. The van der Waals surface area contributed by atoms with E-state index >= 15 is 0 Å². The van der Waals surface area contributed by atoms with E-state index in [0.29, 0.717) is 82.6 Å². The highest BCUT2D eigenvalue weighted by molar-refractivity contribution is 6.15. The number of ether oxygens (including phenoxy) is 4. The number of hydrogen-bond acceptors (Lipinski definition) is 10. The summed E-state index contributed by atoms with van der Waals surface area (Å²) in [5.41, 5.74) is 27.9. The van der Waals surface area contributed by atoms with Crippen molar-refractivity contribution < 1.29 is 28.8 Å². The quantitative estimate of drug-likeness (QED) is 0.0189. The van der Waals surface area contributed by atoms with Gasteiger partial charge < -0.3 is 38.9 Å². The fraction of sp³-hybridized carbons (Fsp3) is 0.310. The number of carboxylic acid groups (broad SMARTS) is 1. The standard InChI is InChI=1S/C129H137N7O6/c1-9-13-17-21-23-25-27-29-31-43-83-139-115-55-45-47-91(7)119(115)122-109-77-75-107(130-109)106(74-73-105-103-53-39-40-54-104(103)121(95-59-61-98(62-60-95)129(137)138)127-126(105)134-124(96-49-35-33-36-50-96)125(135-127)97-51-37-34-38-52-97)108-76-78-110(131-108)123(120-92(8)48-46-56-116(120)140-84-44-32-30-28-26-24-22-18-14-10-2)112-80-82-114(133-112)128(113-81-79-111(122)132-113)136(99-67-63-93(64-68-99)101-71-57-89(5)87-117(101)141-85-41-19-15-11-3)100-69-65-94(66-70-100)102-72-58-90(6)88-118(102)142-86-42-20-16-12-4/h33-40,45-72,75-82,87-88,130,133H,9-32,41-44,83-86H2,1-8H3,(H,137,138). The predicted molar refractivity (Wildman–Crippen MR) is 594 cm³/mol. The minimum atomic E-state index is -1.01. The van der Waals surface area contributed by atoms with Gasteiger partial charge in [0, 0.05) is 77.9 Å². The van der Waals surface area contributed by atoms with Crippen LogP contribution in [0.4, 0.5) is 17.1 Å². The van der Waals surface area contributed by atoms with Gasteiger partial charge in [-0.05, 0) is 207 Å². The van der Waals surface area contributed by atoms with Gasteiger partial charge in [0.1, 0.15) is 28.5 Å². The Labute approximate surface area is 840 Å². The molecule has 0 unspecified atom stereocenters. The number of nitrogens with zero attached hydrogens (tertiary/aromatic N) is 5. The molecule has 724 valence electrons. The molecular formula is C129H137N7O6. The summed E-state index contributed by atoms with van der Waals surface area (Å²) in [6, 6.07) is 88.5. The van der Waals surface area contributed by atoms with Gasteiger partial charge in [-0.15, -0.1) is 0 Å². The third-order valence-corrected chi connectivity index (χ3v) is 27.8. The van der Waals surface area contributed by atoms with Gasteiger partial charge in [-0.2, -0.15) is 0 Å². The van der Waals surface area contributed by atoms with E-state index in [4.69, 9.17) is 38.9 Å². The number of hydrogen-bond donors (Lipinski definition) is 3. The van der Waals surface area contributed by atoms with Crippen molar-refractivity contribution in [2.24, 2.45) is 0 Å². The van der Waals surface area contributed by atoms with E-state index in [1.807, 2.05) is 60.7 Å². The zero-order valence-corrected chi connectivity index (χ0v) is 84.4. The van der Waals surface area contributed by atoms with Crippen molar-refractivity contribution in [3.05, 3.63) is 317 Å². The normalized spacial score (nSPS) is 11.7. The molecule has 11 aromatic carbocycles. The van der Waals surface area contributed by atoms with Gasteiger partial charge in [0.2, 0.25) is 0 Å². The highest BCUT2D eigenvalue weighted by Gasteiger charge is 2.29. The number of rotatable bonds is 47. The Kier molecular flexibility index (Phi) is 34.4. The van der Waals surface area contributed by atoms with E-state index < -0.39 is 5.97 Å². The molecule has 0 spiro atoms. The fourth-order valence-electron chi connectivity index (χ4n) is 20.1. The fourth-order valence-corrected chi connectivity index (χ4v) is 20.1. The van der Waals surface area contributed by atoms with Crippen molar-refractivity contribution in [2.75, 3.05) is 31.3 Å². The largest absolute Gasteiger partial charge is 0.493 e. The molecule has 0 atom stereocenters. The van der Waals surface area contributed by atoms with Crippen LogP contribution in [0.3, 0.4) is 0 Å². The Morgan fingerprint density at radius 3 is 1.16 bits per heavy atom. The smallest absolute Gasteiger partial charge is 0.335 e. The average molecular weight is 1880 g/mol. The minimum Gasteiger partial charge on any atom is -0.493 e. The number of carbonyl (C=O) groups is 1. The van der Waals surface area contributed by atoms with Crippen molar-refractivity contribution >= 4 is 91.2 Å². The molecule has 13 nitrogen and oxygen atoms in total. The maximum atomic E-state index is 12.6. The lowest BCUT2D eigenvalue weighted by atomic mass is 9.91.